The molecular formula is C18H23N3O5S. The van der Waals surface area contributed by atoms with Crippen molar-refractivity contribution < 1.29 is 23.9 Å². The van der Waals surface area contributed by atoms with Crippen LogP contribution in [0, 0.1) is 0 Å². The Labute approximate surface area is 162 Å². The summed E-state index contributed by atoms with van der Waals surface area (Å²) in [6.07, 6.45) is 0. The van der Waals surface area contributed by atoms with E-state index in [1.165, 1.54) is 4.90 Å². The summed E-state index contributed by atoms with van der Waals surface area (Å²) in [5.41, 5.74) is 1.04. The number of thioether (sulfide) groups is 1. The van der Waals surface area contributed by atoms with E-state index in [2.05, 4.69) is 5.32 Å². The number of nitrogens with one attached hydrogen (secondary N) is 1. The molecule has 1 aromatic carbocycles. The van der Waals surface area contributed by atoms with Gasteiger partial charge in [-0.2, -0.15) is 0 Å². The molecule has 3 amide bonds. The van der Waals surface area contributed by atoms with Crippen LogP contribution in [0.1, 0.15) is 24.2 Å². The number of carbonyl (C=O) groups excluding carboxylic acids is 4. The lowest BCUT2D eigenvalue weighted by Crippen LogP contribution is -2.32. The lowest BCUT2D eigenvalue weighted by atomic mass is 10.2. The third-order valence-electron chi connectivity index (χ3n) is 4.00. The molecule has 0 bridgehead atoms. The van der Waals surface area contributed by atoms with Crippen LogP contribution in [0.2, 0.25) is 0 Å². The summed E-state index contributed by atoms with van der Waals surface area (Å²) in [4.78, 5) is 50.3. The van der Waals surface area contributed by atoms with Gasteiger partial charge in [0.25, 0.3) is 17.1 Å². The predicted octanol–water partition coefficient (Wildman–Crippen LogP) is 1.82. The second-order valence-electron chi connectivity index (χ2n) is 5.80. The van der Waals surface area contributed by atoms with Gasteiger partial charge < -0.3 is 19.9 Å². The molecule has 0 aliphatic carbocycles. The van der Waals surface area contributed by atoms with Crippen molar-refractivity contribution >= 4 is 40.5 Å². The fourth-order valence-electron chi connectivity index (χ4n) is 2.50. The average molecular weight is 393 g/mol. The summed E-state index contributed by atoms with van der Waals surface area (Å²) in [6, 6.07) is 6.52. The normalized spacial score (nSPS) is 13.4. The molecule has 1 N–H and O–H groups in total. The van der Waals surface area contributed by atoms with Gasteiger partial charge in [0.2, 0.25) is 0 Å². The van der Waals surface area contributed by atoms with Crippen molar-refractivity contribution in [3.8, 4) is 0 Å². The van der Waals surface area contributed by atoms with Crippen LogP contribution in [0.15, 0.2) is 24.3 Å². The summed E-state index contributed by atoms with van der Waals surface area (Å²) in [6.45, 7) is 4.99. The summed E-state index contributed by atoms with van der Waals surface area (Å²) in [5, 5.41) is 2.44. The number of rotatable bonds is 8. The Morgan fingerprint density at radius 2 is 1.85 bits per heavy atom. The first-order chi connectivity index (χ1) is 12.9. The fraction of sp³-hybridized carbons (Fsp3) is 0.444. The molecule has 1 aliphatic rings. The predicted molar refractivity (Wildman–Crippen MR) is 103 cm³/mol. The highest BCUT2D eigenvalue weighted by Gasteiger charge is 2.24. The maximum atomic E-state index is 12.2. The molecule has 1 aliphatic heterocycles. The number of hydrogen-bond donors (Lipinski definition) is 1. The molecule has 1 aromatic rings. The minimum Gasteiger partial charge on any atom is -0.454 e. The van der Waals surface area contributed by atoms with Crippen molar-refractivity contribution in [1.82, 2.24) is 9.80 Å². The van der Waals surface area contributed by atoms with Gasteiger partial charge in [0.1, 0.15) is 6.54 Å². The van der Waals surface area contributed by atoms with Gasteiger partial charge in [-0.15, -0.1) is 0 Å². The number of benzene rings is 1. The van der Waals surface area contributed by atoms with Crippen molar-refractivity contribution in [2.75, 3.05) is 43.9 Å². The molecule has 0 unspecified atom stereocenters. The standard InChI is InChI=1S/C18H23N3O5S/c1-3-20(4-2)17(24)13-5-7-14(8-6-13)19-15(22)12-26-16(23)11-21-9-10-27-18(21)25/h5-8H,3-4,9-12H2,1-2H3,(H,19,22). The zero-order chi connectivity index (χ0) is 19.8. The van der Waals surface area contributed by atoms with Crippen LogP contribution < -0.4 is 5.32 Å². The number of carbonyl (C=O) groups is 4. The monoisotopic (exact) mass is 393 g/mol. The van der Waals surface area contributed by atoms with Gasteiger partial charge >= 0.3 is 5.97 Å². The van der Waals surface area contributed by atoms with Crippen molar-refractivity contribution in [3.05, 3.63) is 29.8 Å². The lowest BCUT2D eigenvalue weighted by molar-refractivity contribution is -0.147. The maximum Gasteiger partial charge on any atom is 0.326 e. The van der Waals surface area contributed by atoms with E-state index in [4.69, 9.17) is 4.74 Å². The first kappa shape index (κ1) is 20.8. The SMILES string of the molecule is CCN(CC)C(=O)c1ccc(NC(=O)COC(=O)CN2CCSC2=O)cc1. The van der Waals surface area contributed by atoms with Crippen LogP contribution in [-0.2, 0) is 14.3 Å². The molecule has 1 saturated heterocycles. The molecule has 0 spiro atoms. The molecular weight excluding hydrogens is 370 g/mol. The van der Waals surface area contributed by atoms with E-state index in [1.807, 2.05) is 13.8 Å². The maximum absolute atomic E-state index is 12.2. The highest BCUT2D eigenvalue weighted by Crippen LogP contribution is 2.16. The van der Waals surface area contributed by atoms with E-state index >= 15 is 0 Å². The van der Waals surface area contributed by atoms with E-state index in [9.17, 15) is 19.2 Å². The molecule has 0 atom stereocenters. The summed E-state index contributed by atoms with van der Waals surface area (Å²) >= 11 is 1.15. The van der Waals surface area contributed by atoms with Crippen molar-refractivity contribution in [2.45, 2.75) is 13.8 Å². The Kier molecular flexibility index (Phi) is 7.66. The first-order valence-electron chi connectivity index (χ1n) is 8.71. The smallest absolute Gasteiger partial charge is 0.326 e. The zero-order valence-corrected chi connectivity index (χ0v) is 16.2. The first-order valence-corrected chi connectivity index (χ1v) is 9.69. The summed E-state index contributed by atoms with van der Waals surface area (Å²) in [5.74, 6) is -0.532. The molecule has 1 fully saturated rings. The van der Waals surface area contributed by atoms with Gasteiger partial charge in [-0.25, -0.2) is 0 Å². The van der Waals surface area contributed by atoms with Gasteiger partial charge in [-0.3, -0.25) is 19.2 Å². The molecule has 1 heterocycles. The molecule has 27 heavy (non-hydrogen) atoms. The van der Waals surface area contributed by atoms with Crippen LogP contribution in [0.25, 0.3) is 0 Å². The van der Waals surface area contributed by atoms with Crippen molar-refractivity contribution in [3.63, 3.8) is 0 Å². The van der Waals surface area contributed by atoms with Crippen LogP contribution >= 0.6 is 11.8 Å². The van der Waals surface area contributed by atoms with Gasteiger partial charge in [0.05, 0.1) is 0 Å². The number of anilines is 1. The number of nitrogens with zero attached hydrogens (tertiary/aromatic N) is 2. The van der Waals surface area contributed by atoms with Gasteiger partial charge in [-0.1, -0.05) is 11.8 Å². The Balaban J connectivity index is 1.79. The van der Waals surface area contributed by atoms with Crippen molar-refractivity contribution in [1.29, 1.82) is 0 Å². The number of esters is 1. The number of ether oxygens (including phenoxy) is 1. The van der Waals surface area contributed by atoms with Crippen LogP contribution in [0.4, 0.5) is 10.5 Å². The fourth-order valence-corrected chi connectivity index (χ4v) is 3.33. The molecule has 0 radical (unpaired) electrons. The number of amides is 3. The Morgan fingerprint density at radius 1 is 1.19 bits per heavy atom. The largest absolute Gasteiger partial charge is 0.454 e. The Hall–Kier alpha value is -2.55. The lowest BCUT2D eigenvalue weighted by Gasteiger charge is -2.18. The molecule has 0 aromatic heterocycles. The van der Waals surface area contributed by atoms with E-state index in [-0.39, 0.29) is 17.7 Å². The number of hydrogen-bond acceptors (Lipinski definition) is 6. The Bertz CT molecular complexity index is 703. The van der Waals surface area contributed by atoms with Crippen molar-refractivity contribution in [2.24, 2.45) is 0 Å². The van der Waals surface area contributed by atoms with Gasteiger partial charge in [0.15, 0.2) is 6.61 Å². The van der Waals surface area contributed by atoms with Crippen LogP contribution in [0.5, 0.6) is 0 Å². The topological polar surface area (TPSA) is 96.0 Å². The molecule has 8 nitrogen and oxygen atoms in total. The third kappa shape index (κ3) is 5.99. The minimum atomic E-state index is -0.624. The third-order valence-corrected chi connectivity index (χ3v) is 4.89. The van der Waals surface area contributed by atoms with E-state index in [0.29, 0.717) is 36.6 Å². The summed E-state index contributed by atoms with van der Waals surface area (Å²) in [7, 11) is 0. The average Bonchev–Trinajstić information content (AvgIpc) is 3.06. The zero-order valence-electron chi connectivity index (χ0n) is 15.4. The minimum absolute atomic E-state index is 0.0681. The van der Waals surface area contributed by atoms with Crippen LogP contribution in [0.3, 0.4) is 0 Å². The van der Waals surface area contributed by atoms with Gasteiger partial charge in [0, 0.05) is 36.6 Å². The molecule has 2 rings (SSSR count). The van der Waals surface area contributed by atoms with E-state index < -0.39 is 18.5 Å². The quantitative estimate of drug-likeness (QED) is 0.677. The van der Waals surface area contributed by atoms with Gasteiger partial charge in [-0.05, 0) is 38.1 Å². The molecule has 0 saturated carbocycles. The van der Waals surface area contributed by atoms with Crippen LogP contribution in [-0.4, -0.2) is 71.4 Å². The van der Waals surface area contributed by atoms with E-state index in [1.54, 1.807) is 29.2 Å². The molecule has 146 valence electrons. The molecule has 9 heteroatoms. The highest BCUT2D eigenvalue weighted by molar-refractivity contribution is 8.13. The second-order valence-corrected chi connectivity index (χ2v) is 6.85. The van der Waals surface area contributed by atoms with E-state index in [0.717, 1.165) is 11.8 Å². The summed E-state index contributed by atoms with van der Waals surface area (Å²) < 4.78 is 4.89. The second kappa shape index (κ2) is 9.96. The highest BCUT2D eigenvalue weighted by atomic mass is 32.2. The Morgan fingerprint density at radius 3 is 2.41 bits per heavy atom.